The third-order valence-corrected chi connectivity index (χ3v) is 2.66. The number of carbonyl (C=O) groups excluding carboxylic acids is 2. The first-order valence-corrected chi connectivity index (χ1v) is 5.49. The first-order valence-electron chi connectivity index (χ1n) is 5.49. The fourth-order valence-corrected chi connectivity index (χ4v) is 1.78. The molecule has 0 saturated heterocycles. The number of anilines is 1. The van der Waals surface area contributed by atoms with Crippen molar-refractivity contribution in [2.75, 3.05) is 5.73 Å². The number of ketones is 1. The molecule has 0 atom stereocenters. The summed E-state index contributed by atoms with van der Waals surface area (Å²) in [5, 5.41) is 8.45. The number of hydrogen-bond donors (Lipinski definition) is 2. The summed E-state index contributed by atoms with van der Waals surface area (Å²) in [6, 6.07) is 12.8. The van der Waals surface area contributed by atoms with Gasteiger partial charge in [-0.3, -0.25) is 9.68 Å². The minimum atomic E-state index is -1.02. The van der Waals surface area contributed by atoms with E-state index in [1.54, 1.807) is 30.3 Å². The smallest absolute Gasteiger partial charge is 0.373 e. The minimum absolute atomic E-state index is 0.0211. The van der Waals surface area contributed by atoms with E-state index in [0.717, 1.165) is 0 Å². The van der Waals surface area contributed by atoms with Crippen LogP contribution in [0.3, 0.4) is 0 Å². The van der Waals surface area contributed by atoms with Gasteiger partial charge in [-0.15, -0.1) is 0 Å². The second-order valence-corrected chi connectivity index (χ2v) is 3.84. The van der Waals surface area contributed by atoms with Crippen LogP contribution in [0.15, 0.2) is 48.5 Å². The molecule has 96 valence electrons. The summed E-state index contributed by atoms with van der Waals surface area (Å²) in [4.78, 5) is 27.5. The number of hydrogen-bond acceptors (Lipinski definition) is 5. The van der Waals surface area contributed by atoms with Crippen LogP contribution < -0.4 is 5.73 Å². The molecule has 2 rings (SSSR count). The van der Waals surface area contributed by atoms with E-state index < -0.39 is 11.8 Å². The summed E-state index contributed by atoms with van der Waals surface area (Å²) in [5.74, 6) is -1.43. The molecule has 0 aromatic heterocycles. The zero-order chi connectivity index (χ0) is 13.8. The van der Waals surface area contributed by atoms with Gasteiger partial charge in [0.25, 0.3) is 0 Å². The quantitative estimate of drug-likeness (QED) is 0.380. The van der Waals surface area contributed by atoms with Gasteiger partial charge in [-0.1, -0.05) is 36.4 Å². The zero-order valence-electron chi connectivity index (χ0n) is 9.87. The Kier molecular flexibility index (Phi) is 3.58. The third-order valence-electron chi connectivity index (χ3n) is 2.66. The highest BCUT2D eigenvalue weighted by Gasteiger charge is 2.21. The summed E-state index contributed by atoms with van der Waals surface area (Å²) in [5.41, 5.74) is 6.24. The highest BCUT2D eigenvalue weighted by Crippen LogP contribution is 2.21. The second-order valence-electron chi connectivity index (χ2n) is 3.84. The highest BCUT2D eigenvalue weighted by atomic mass is 17.1. The molecule has 5 nitrogen and oxygen atoms in total. The van der Waals surface area contributed by atoms with Crippen LogP contribution in [0.4, 0.5) is 5.69 Å². The van der Waals surface area contributed by atoms with Gasteiger partial charge in [0.15, 0.2) is 5.78 Å². The van der Waals surface area contributed by atoms with Gasteiger partial charge in [-0.25, -0.2) is 4.79 Å². The van der Waals surface area contributed by atoms with Crippen molar-refractivity contribution >= 4 is 17.4 Å². The molecule has 0 bridgehead atoms. The maximum atomic E-state index is 12.3. The predicted octanol–water partition coefficient (Wildman–Crippen LogP) is 2.13. The molecule has 0 aliphatic rings. The molecule has 0 spiro atoms. The Morgan fingerprint density at radius 1 is 1.00 bits per heavy atom. The number of benzene rings is 2. The van der Waals surface area contributed by atoms with E-state index in [-0.39, 0.29) is 16.8 Å². The lowest BCUT2D eigenvalue weighted by Gasteiger charge is -2.09. The Hall–Kier alpha value is -2.66. The number of rotatable bonds is 3. The van der Waals surface area contributed by atoms with Gasteiger partial charge >= 0.3 is 5.97 Å². The fourth-order valence-electron chi connectivity index (χ4n) is 1.78. The molecule has 0 aliphatic carbocycles. The van der Waals surface area contributed by atoms with Crippen LogP contribution in [0.1, 0.15) is 26.3 Å². The van der Waals surface area contributed by atoms with E-state index in [9.17, 15) is 9.59 Å². The van der Waals surface area contributed by atoms with Crippen LogP contribution in [0.25, 0.3) is 0 Å². The molecule has 0 unspecified atom stereocenters. The summed E-state index contributed by atoms with van der Waals surface area (Å²) in [6.45, 7) is 0. The normalized spacial score (nSPS) is 9.95. The third kappa shape index (κ3) is 2.46. The molecule has 5 heteroatoms. The largest absolute Gasteiger partial charge is 0.398 e. The Labute approximate surface area is 109 Å². The van der Waals surface area contributed by atoms with Crippen LogP contribution in [-0.4, -0.2) is 17.0 Å². The van der Waals surface area contributed by atoms with Crippen molar-refractivity contribution in [1.82, 2.24) is 0 Å². The summed E-state index contributed by atoms with van der Waals surface area (Å²) < 4.78 is 0. The molecule has 0 amide bonds. The first kappa shape index (κ1) is 12.8. The van der Waals surface area contributed by atoms with E-state index in [2.05, 4.69) is 4.89 Å². The molecule has 0 heterocycles. The van der Waals surface area contributed by atoms with Crippen LogP contribution in [0, 0.1) is 0 Å². The average Bonchev–Trinajstić information content (AvgIpc) is 2.46. The van der Waals surface area contributed by atoms with Crippen LogP contribution >= 0.6 is 0 Å². The lowest BCUT2D eigenvalue weighted by Crippen LogP contribution is -2.14. The molecule has 19 heavy (non-hydrogen) atoms. The maximum Gasteiger partial charge on any atom is 0.373 e. The Morgan fingerprint density at radius 3 is 2.32 bits per heavy atom. The Bertz CT molecular complexity index is 623. The fraction of sp³-hybridized carbons (Fsp3) is 0. The maximum absolute atomic E-state index is 12.3. The lowest BCUT2D eigenvalue weighted by atomic mass is 9.97. The van der Waals surface area contributed by atoms with E-state index >= 15 is 0 Å². The van der Waals surface area contributed by atoms with Gasteiger partial charge in [0.1, 0.15) is 0 Å². The summed E-state index contributed by atoms with van der Waals surface area (Å²) in [7, 11) is 0. The SMILES string of the molecule is Nc1cccc(C(=O)OO)c1C(=O)c1ccccc1. The van der Waals surface area contributed by atoms with Gasteiger partial charge in [-0.2, -0.15) is 5.26 Å². The molecule has 2 aromatic rings. The van der Waals surface area contributed by atoms with Crippen molar-refractivity contribution in [3.63, 3.8) is 0 Å². The Morgan fingerprint density at radius 2 is 1.68 bits per heavy atom. The Balaban J connectivity index is 2.56. The van der Waals surface area contributed by atoms with Gasteiger partial charge < -0.3 is 5.73 Å². The van der Waals surface area contributed by atoms with Crippen LogP contribution in [-0.2, 0) is 4.89 Å². The number of nitrogens with two attached hydrogens (primary N) is 1. The van der Waals surface area contributed by atoms with Gasteiger partial charge in [-0.05, 0) is 12.1 Å². The van der Waals surface area contributed by atoms with E-state index in [4.69, 9.17) is 11.0 Å². The number of carbonyl (C=O) groups is 2. The first-order chi connectivity index (χ1) is 9.15. The van der Waals surface area contributed by atoms with Crippen molar-refractivity contribution in [3.8, 4) is 0 Å². The minimum Gasteiger partial charge on any atom is -0.398 e. The van der Waals surface area contributed by atoms with E-state index in [0.29, 0.717) is 5.56 Å². The van der Waals surface area contributed by atoms with Crippen LogP contribution in [0.5, 0.6) is 0 Å². The predicted molar refractivity (Wildman–Crippen MR) is 68.8 cm³/mol. The second kappa shape index (κ2) is 5.32. The molecular weight excluding hydrogens is 246 g/mol. The average molecular weight is 257 g/mol. The van der Waals surface area contributed by atoms with Gasteiger partial charge in [0.05, 0.1) is 11.1 Å². The van der Waals surface area contributed by atoms with Gasteiger partial charge in [0, 0.05) is 11.3 Å². The highest BCUT2D eigenvalue weighted by molar-refractivity contribution is 6.17. The van der Waals surface area contributed by atoms with Gasteiger partial charge in [0.2, 0.25) is 0 Å². The number of nitrogen functional groups attached to an aromatic ring is 1. The van der Waals surface area contributed by atoms with Crippen molar-refractivity contribution in [3.05, 3.63) is 65.2 Å². The molecule has 2 aromatic carbocycles. The standard InChI is InChI=1S/C14H11NO4/c15-11-8-4-7-10(14(17)19-18)12(11)13(16)9-5-2-1-3-6-9/h1-8,18H,15H2. The van der Waals surface area contributed by atoms with Crippen LogP contribution in [0.2, 0.25) is 0 Å². The molecule has 3 N–H and O–H groups in total. The van der Waals surface area contributed by atoms with Crippen molar-refractivity contribution in [1.29, 1.82) is 0 Å². The molecule has 0 saturated carbocycles. The summed E-state index contributed by atoms with van der Waals surface area (Å²) in [6.07, 6.45) is 0. The molecule has 0 fully saturated rings. The lowest BCUT2D eigenvalue weighted by molar-refractivity contribution is -0.182. The van der Waals surface area contributed by atoms with Crippen molar-refractivity contribution in [2.45, 2.75) is 0 Å². The monoisotopic (exact) mass is 257 g/mol. The van der Waals surface area contributed by atoms with Crippen molar-refractivity contribution in [2.24, 2.45) is 0 Å². The van der Waals surface area contributed by atoms with E-state index in [1.807, 2.05) is 0 Å². The zero-order valence-corrected chi connectivity index (χ0v) is 9.87. The molecule has 0 radical (unpaired) electrons. The molecule has 0 aliphatic heterocycles. The topological polar surface area (TPSA) is 89.6 Å². The molecular formula is C14H11NO4. The van der Waals surface area contributed by atoms with E-state index in [1.165, 1.54) is 18.2 Å². The van der Waals surface area contributed by atoms with Crippen molar-refractivity contribution < 1.29 is 19.7 Å². The summed E-state index contributed by atoms with van der Waals surface area (Å²) >= 11 is 0.